The first-order chi connectivity index (χ1) is 40.3. The van der Waals surface area contributed by atoms with Gasteiger partial charge in [-0.15, -0.1) is 0 Å². The number of hydrogen-bond donors (Lipinski definition) is 1. The molecule has 0 aromatic carbocycles. The highest BCUT2D eigenvalue weighted by Crippen LogP contribution is 2.70. The number of alkyl halides is 1. The number of fused-ring (bicyclic) bond motifs is 10. The van der Waals surface area contributed by atoms with Gasteiger partial charge >= 0.3 is 0 Å². The van der Waals surface area contributed by atoms with Gasteiger partial charge in [0.15, 0.2) is 33.3 Å². The highest BCUT2D eigenvalue weighted by atomic mass is 79.9. The Kier molecular flexibility index (Phi) is 24.0. The Labute approximate surface area is 576 Å². The van der Waals surface area contributed by atoms with Crippen LogP contribution in [0.4, 0.5) is 0 Å². The molecule has 13 heteroatoms. The van der Waals surface area contributed by atoms with Crippen LogP contribution >= 0.6 is 15.9 Å². The minimum atomic E-state index is -1.99. The maximum atomic E-state index is 10.7. The second-order valence-electron chi connectivity index (χ2n) is 39.7. The second kappa shape index (κ2) is 27.1. The molecule has 10 aliphatic rings. The quantitative estimate of drug-likeness (QED) is 0.0796. The molecule has 0 spiro atoms. The minimum absolute atomic E-state index is 0. The fourth-order valence-corrected chi connectivity index (χ4v) is 25.7. The van der Waals surface area contributed by atoms with Gasteiger partial charge in [0.2, 0.25) is 0 Å². The van der Waals surface area contributed by atoms with Crippen LogP contribution in [0.5, 0.6) is 0 Å². The molecule has 10 rings (SSSR count). The molecule has 0 bridgehead atoms. The van der Waals surface area contributed by atoms with Gasteiger partial charge < -0.3 is 37.0 Å². The summed E-state index contributed by atoms with van der Waals surface area (Å²) in [7, 11) is -7.72. The molecular formula is C78H149BrO8Si4. The van der Waals surface area contributed by atoms with Crippen molar-refractivity contribution in [2.24, 2.45) is 69.0 Å². The third-order valence-electron chi connectivity index (χ3n) is 29.6. The summed E-state index contributed by atoms with van der Waals surface area (Å²) in [6.45, 7) is 72.2. The second-order valence-corrected chi connectivity index (χ2v) is 59.3. The summed E-state index contributed by atoms with van der Waals surface area (Å²) in [6.07, 6.45) is 24.2. The monoisotopic (exact) mass is 1400 g/mol. The Morgan fingerprint density at radius 1 is 0.505 bits per heavy atom. The van der Waals surface area contributed by atoms with Crippen LogP contribution in [0.1, 0.15) is 257 Å². The van der Waals surface area contributed by atoms with E-state index in [4.69, 9.17) is 31.9 Å². The molecule has 8 aliphatic carbocycles. The fraction of sp³-hybridized carbons (Fsp3) is 0.949. The van der Waals surface area contributed by atoms with Gasteiger partial charge in [0.05, 0.1) is 60.5 Å². The van der Waals surface area contributed by atoms with E-state index in [1.54, 1.807) is 11.1 Å². The topological polar surface area (TPSA) is 91.4 Å². The lowest BCUT2D eigenvalue weighted by Crippen LogP contribution is -2.60. The number of epoxide rings is 2. The first-order valence-corrected chi connectivity index (χ1v) is 49.3. The van der Waals surface area contributed by atoms with Gasteiger partial charge in [-0.3, -0.25) is 0 Å². The molecule has 20 atom stereocenters. The first kappa shape index (κ1) is 80.5. The first-order valence-electron chi connectivity index (χ1n) is 36.6. The number of halogens is 1. The zero-order chi connectivity index (χ0) is 67.1. The maximum absolute atomic E-state index is 10.7. The van der Waals surface area contributed by atoms with Crippen molar-refractivity contribution < 1.29 is 37.0 Å². The molecule has 2 aliphatic heterocycles. The molecule has 2 saturated heterocycles. The van der Waals surface area contributed by atoms with Crippen molar-refractivity contribution in [3.8, 4) is 0 Å². The molecule has 6 saturated carbocycles. The highest BCUT2D eigenvalue weighted by molar-refractivity contribution is 9.09. The molecule has 8 nitrogen and oxygen atoms in total. The zero-order valence-electron chi connectivity index (χ0n) is 63.4. The molecule has 8 unspecified atom stereocenters. The summed E-state index contributed by atoms with van der Waals surface area (Å²) >= 11 is 3.33. The predicted octanol–water partition coefficient (Wildman–Crippen LogP) is 22.7. The van der Waals surface area contributed by atoms with Crippen LogP contribution in [-0.4, -0.2) is 110 Å². The summed E-state index contributed by atoms with van der Waals surface area (Å²) in [6, 6.07) is 0. The van der Waals surface area contributed by atoms with E-state index in [1.807, 2.05) is 6.92 Å². The summed E-state index contributed by atoms with van der Waals surface area (Å²) < 4.78 is 47.0. The smallest absolute Gasteiger partial charge is 0.192 e. The molecule has 2 heterocycles. The fourth-order valence-electron chi connectivity index (χ4n) is 19.2. The lowest BCUT2D eigenvalue weighted by atomic mass is 9.46. The minimum Gasteiger partial charge on any atom is -0.414 e. The number of allylic oxidation sites excluding steroid dienone is 2. The number of aliphatic hydroxyl groups is 1. The lowest BCUT2D eigenvalue weighted by molar-refractivity contribution is -0.111. The van der Waals surface area contributed by atoms with E-state index in [-0.39, 0.29) is 99.1 Å². The average Bonchev–Trinajstić information content (AvgIpc) is 1.69. The van der Waals surface area contributed by atoms with Crippen molar-refractivity contribution in [2.45, 2.75) is 390 Å². The Morgan fingerprint density at radius 2 is 0.835 bits per heavy atom. The molecule has 0 radical (unpaired) electrons. The van der Waals surface area contributed by atoms with E-state index in [0.717, 1.165) is 61.3 Å². The van der Waals surface area contributed by atoms with Crippen molar-refractivity contribution in [2.75, 3.05) is 11.9 Å². The van der Waals surface area contributed by atoms with Crippen molar-refractivity contribution in [1.29, 1.82) is 0 Å². The molecule has 532 valence electrons. The predicted molar refractivity (Wildman–Crippen MR) is 402 cm³/mol. The Bertz CT molecular complexity index is 2530. The summed E-state index contributed by atoms with van der Waals surface area (Å²) in [4.78, 5) is 0. The van der Waals surface area contributed by atoms with E-state index >= 15 is 0 Å². The Balaban J connectivity index is 0.000000258. The van der Waals surface area contributed by atoms with Gasteiger partial charge in [-0.1, -0.05) is 165 Å². The van der Waals surface area contributed by atoms with Crippen molar-refractivity contribution in [3.63, 3.8) is 0 Å². The van der Waals surface area contributed by atoms with Crippen LogP contribution in [0.25, 0.3) is 0 Å². The molecule has 91 heavy (non-hydrogen) atoms. The van der Waals surface area contributed by atoms with Gasteiger partial charge in [-0.05, 0) is 262 Å². The SMILES string of the molecule is C.C.CC1(C)OC1CBr.C[C@H](O)[C@H]1CCC2C3CC=C4C[C@@H](O[Si](C)(C)C(C)(C)C)C[C@H](O[Si](C)(C)C(C)(C)C)[C@]4(C)C3CC[C@@]21C.C[C@H](OCC1OC1(C)C)[C@H]1CCC2C3CC=C4C[C@@H](O[Si](C)(C)C(C)(C)C)C[C@H](O[Si](C)(C)C(C)(C)C)[C@]4(C)C3CC[C@@]21C. The molecule has 0 aromatic rings. The number of aliphatic hydroxyl groups excluding tert-OH is 1. The molecule has 0 amide bonds. The van der Waals surface area contributed by atoms with Crippen LogP contribution in [0.3, 0.4) is 0 Å². The molecule has 1 N–H and O–H groups in total. The third-order valence-corrected chi connectivity index (χ3v) is 48.2. The van der Waals surface area contributed by atoms with E-state index in [1.165, 1.54) is 64.2 Å². The molecule has 8 fully saturated rings. The standard InChI is InChI=1S/C38H70O4Si2.C33H62O3Si2.C5H9BrO.2CH4/c1-25(39-24-33-36(8,9)40-33)29-18-19-30-28-17-16-26-22-27(41-43(12,13)34(2,3)4)23-32(42-44(14,15)35(5,6)7)38(26,11)31(28)20-21-37(29,30)10;1-22(34)26-16-17-27-25-15-14-23-20-24(35-37(10,11)30(2,3)4)21-29(36-38(12,13)31(5,6)7)33(23,9)28(25)18-19-32(26,27)8;1-5(2)4(3-6)7-5;;/h16,25,27-33H,17-24H2,1-15H3;14,22,24-29,34H,15-21H2,1-13H3;4H,3H2,1-2H3;2*1H4/t25-,27+,28?,29+,30?,31?,32-,33?,37+,38-;22-,24+,25?,26+,27?,28?,29-,32+,33-;;;/m00.../s1. The van der Waals surface area contributed by atoms with Gasteiger partial charge in [0.25, 0.3) is 0 Å². The van der Waals surface area contributed by atoms with Crippen LogP contribution in [0.15, 0.2) is 23.3 Å². The van der Waals surface area contributed by atoms with Crippen molar-refractivity contribution in [1.82, 2.24) is 0 Å². The van der Waals surface area contributed by atoms with Crippen LogP contribution in [0.2, 0.25) is 72.5 Å². The summed E-state index contributed by atoms with van der Waals surface area (Å²) in [5.41, 5.74) is 4.32. The summed E-state index contributed by atoms with van der Waals surface area (Å²) in [5, 5.41) is 12.5. The van der Waals surface area contributed by atoms with E-state index in [0.29, 0.717) is 41.3 Å². The normalized spacial score (nSPS) is 39.9. The number of ether oxygens (including phenoxy) is 3. The maximum Gasteiger partial charge on any atom is 0.192 e. The van der Waals surface area contributed by atoms with Crippen molar-refractivity contribution >= 4 is 49.2 Å². The largest absolute Gasteiger partial charge is 0.414 e. The van der Waals surface area contributed by atoms with E-state index in [9.17, 15) is 5.11 Å². The van der Waals surface area contributed by atoms with Gasteiger partial charge in [-0.2, -0.15) is 0 Å². The Morgan fingerprint density at radius 3 is 1.14 bits per heavy atom. The Hall–Kier alpha value is 0.508. The number of rotatable bonds is 14. The third kappa shape index (κ3) is 15.6. The highest BCUT2D eigenvalue weighted by Gasteiger charge is 2.65. The zero-order valence-corrected chi connectivity index (χ0v) is 69.0. The van der Waals surface area contributed by atoms with Gasteiger partial charge in [0.1, 0.15) is 6.10 Å². The van der Waals surface area contributed by atoms with E-state index in [2.05, 4.69) is 226 Å². The number of hydrogen-bond acceptors (Lipinski definition) is 8. The van der Waals surface area contributed by atoms with Crippen LogP contribution in [-0.2, 0) is 31.9 Å². The molecule has 0 aromatic heterocycles. The van der Waals surface area contributed by atoms with E-state index < -0.39 is 33.3 Å². The lowest BCUT2D eigenvalue weighted by Gasteiger charge is -2.62. The van der Waals surface area contributed by atoms with Gasteiger partial charge in [-0.25, -0.2) is 0 Å². The average molecular weight is 1410 g/mol. The van der Waals surface area contributed by atoms with Gasteiger partial charge in [0, 0.05) is 16.2 Å². The van der Waals surface area contributed by atoms with Crippen LogP contribution in [0, 0.1) is 69.0 Å². The van der Waals surface area contributed by atoms with Crippen LogP contribution < -0.4 is 0 Å². The summed E-state index contributed by atoms with van der Waals surface area (Å²) in [5.74, 6) is 5.43. The molecular weight excluding hydrogens is 1260 g/mol. The van der Waals surface area contributed by atoms with Crippen molar-refractivity contribution in [3.05, 3.63) is 23.3 Å².